The second kappa shape index (κ2) is 6.34. The van der Waals surface area contributed by atoms with Gasteiger partial charge in [0.05, 0.1) is 7.11 Å². The number of carbonyl (C=O) groups excluding carboxylic acids is 1. The molecular weight excluding hydrogens is 347 g/mol. The van der Waals surface area contributed by atoms with Crippen LogP contribution < -0.4 is 0 Å². The molecule has 0 unspecified atom stereocenters. The first-order chi connectivity index (χ1) is 11.4. The van der Waals surface area contributed by atoms with Crippen molar-refractivity contribution in [3.63, 3.8) is 0 Å². The van der Waals surface area contributed by atoms with Gasteiger partial charge in [0.25, 0.3) is 0 Å². The Kier molecular flexibility index (Phi) is 4.39. The van der Waals surface area contributed by atoms with E-state index in [-0.39, 0.29) is 5.76 Å². The van der Waals surface area contributed by atoms with E-state index in [1.54, 1.807) is 18.2 Å². The molecule has 1 heterocycles. The molecule has 5 heteroatoms. The van der Waals surface area contributed by atoms with E-state index in [2.05, 4.69) is 6.58 Å². The maximum absolute atomic E-state index is 12.1. The summed E-state index contributed by atoms with van der Waals surface area (Å²) in [4.78, 5) is 12.1. The second-order valence-electron chi connectivity index (χ2n) is 5.42. The van der Waals surface area contributed by atoms with Crippen molar-refractivity contribution in [1.82, 2.24) is 0 Å². The predicted molar refractivity (Wildman–Crippen MR) is 97.7 cm³/mol. The van der Waals surface area contributed by atoms with Crippen LogP contribution in [0.1, 0.15) is 23.0 Å². The molecule has 0 aliphatic carbocycles. The van der Waals surface area contributed by atoms with Crippen molar-refractivity contribution in [3.8, 4) is 11.1 Å². The summed E-state index contributed by atoms with van der Waals surface area (Å²) in [7, 11) is 1.31. The van der Waals surface area contributed by atoms with Gasteiger partial charge in [0.1, 0.15) is 5.58 Å². The third-order valence-corrected chi connectivity index (χ3v) is 4.12. The van der Waals surface area contributed by atoms with Crippen LogP contribution in [0.2, 0.25) is 10.0 Å². The zero-order chi connectivity index (χ0) is 17.4. The molecule has 1 aromatic heterocycles. The number of rotatable bonds is 3. The number of ether oxygens (including phenoxy) is 1. The van der Waals surface area contributed by atoms with Crippen LogP contribution in [0.15, 0.2) is 47.4 Å². The molecule has 2 aromatic carbocycles. The lowest BCUT2D eigenvalue weighted by Gasteiger charge is -2.05. The Morgan fingerprint density at radius 2 is 1.83 bits per heavy atom. The fourth-order valence-corrected chi connectivity index (χ4v) is 3.24. The highest BCUT2D eigenvalue weighted by atomic mass is 35.5. The topological polar surface area (TPSA) is 39.4 Å². The number of carbonyl (C=O) groups is 1. The van der Waals surface area contributed by atoms with Crippen LogP contribution in [0.3, 0.4) is 0 Å². The van der Waals surface area contributed by atoms with E-state index in [9.17, 15) is 4.79 Å². The van der Waals surface area contributed by atoms with E-state index < -0.39 is 5.97 Å². The molecule has 0 N–H and O–H groups in total. The largest absolute Gasteiger partial charge is 0.463 e. The van der Waals surface area contributed by atoms with Crippen LogP contribution in [-0.4, -0.2) is 13.1 Å². The summed E-state index contributed by atoms with van der Waals surface area (Å²) in [5.74, 6) is -0.403. The highest BCUT2D eigenvalue weighted by Gasteiger charge is 2.23. The van der Waals surface area contributed by atoms with E-state index in [4.69, 9.17) is 32.4 Å². The molecule has 0 aliphatic heterocycles. The molecule has 3 nitrogen and oxygen atoms in total. The Morgan fingerprint density at radius 3 is 2.42 bits per heavy atom. The first kappa shape index (κ1) is 16.6. The van der Waals surface area contributed by atoms with Gasteiger partial charge < -0.3 is 9.15 Å². The molecule has 0 atom stereocenters. The molecule has 3 aromatic rings. The van der Waals surface area contributed by atoms with Crippen LogP contribution in [-0.2, 0) is 4.74 Å². The van der Waals surface area contributed by atoms with E-state index in [1.807, 2.05) is 25.1 Å². The van der Waals surface area contributed by atoms with Crippen molar-refractivity contribution in [3.05, 3.63) is 64.3 Å². The van der Waals surface area contributed by atoms with Crippen molar-refractivity contribution in [2.45, 2.75) is 6.92 Å². The number of hydrogen-bond acceptors (Lipinski definition) is 3. The number of methoxy groups -OCH3 is 1. The fourth-order valence-electron chi connectivity index (χ4n) is 2.72. The van der Waals surface area contributed by atoms with E-state index in [0.717, 1.165) is 22.1 Å². The minimum Gasteiger partial charge on any atom is -0.463 e. The van der Waals surface area contributed by atoms with Crippen LogP contribution in [0.25, 0.3) is 27.7 Å². The van der Waals surface area contributed by atoms with E-state index >= 15 is 0 Å². The Balaban J connectivity index is 2.35. The molecule has 0 saturated heterocycles. The van der Waals surface area contributed by atoms with Crippen molar-refractivity contribution in [1.29, 1.82) is 0 Å². The quantitative estimate of drug-likeness (QED) is 0.520. The first-order valence-electron chi connectivity index (χ1n) is 7.18. The number of allylic oxidation sites excluding steroid dienone is 1. The summed E-state index contributed by atoms with van der Waals surface area (Å²) in [5.41, 5.74) is 3.52. The summed E-state index contributed by atoms with van der Waals surface area (Å²) < 4.78 is 10.7. The predicted octanol–water partition coefficient (Wildman–Crippen LogP) is 6.23. The third-order valence-electron chi connectivity index (χ3n) is 3.69. The molecule has 0 radical (unpaired) electrons. The number of esters is 1. The molecule has 0 saturated carbocycles. The molecule has 0 spiro atoms. The zero-order valence-corrected chi connectivity index (χ0v) is 14.7. The fraction of sp³-hybridized carbons (Fsp3) is 0.105. The zero-order valence-electron chi connectivity index (χ0n) is 13.2. The standard InChI is InChI=1S/C19H14Cl2O3/c1-10(2)16-15-6-4-5-14(11-7-12(20)9-13(21)8-11)17(15)24-18(16)19(22)23-3/h4-9H,1H2,2-3H3. The molecule has 0 fully saturated rings. The van der Waals surface area contributed by atoms with Crippen molar-refractivity contribution < 1.29 is 13.9 Å². The van der Waals surface area contributed by atoms with Gasteiger partial charge in [-0.15, -0.1) is 0 Å². The van der Waals surface area contributed by atoms with Gasteiger partial charge in [0, 0.05) is 26.6 Å². The normalized spacial score (nSPS) is 10.8. The summed E-state index contributed by atoms with van der Waals surface area (Å²) in [6.07, 6.45) is 0. The maximum Gasteiger partial charge on any atom is 0.374 e. The van der Waals surface area contributed by atoms with Crippen molar-refractivity contribution in [2.75, 3.05) is 7.11 Å². The van der Waals surface area contributed by atoms with Crippen LogP contribution in [0.4, 0.5) is 0 Å². The lowest BCUT2D eigenvalue weighted by Crippen LogP contribution is -2.01. The summed E-state index contributed by atoms with van der Waals surface area (Å²) >= 11 is 12.2. The molecule has 0 aliphatic rings. The van der Waals surface area contributed by atoms with Gasteiger partial charge in [-0.2, -0.15) is 0 Å². The van der Waals surface area contributed by atoms with Gasteiger partial charge in [-0.05, 0) is 36.3 Å². The minimum atomic E-state index is -0.542. The smallest absolute Gasteiger partial charge is 0.374 e. The maximum atomic E-state index is 12.1. The van der Waals surface area contributed by atoms with Crippen LogP contribution in [0.5, 0.6) is 0 Å². The SMILES string of the molecule is C=C(C)c1c(C(=O)OC)oc2c(-c3cc(Cl)cc(Cl)c3)cccc12. The Bertz CT molecular complexity index is 950. The first-order valence-corrected chi connectivity index (χ1v) is 7.94. The molecule has 24 heavy (non-hydrogen) atoms. The summed E-state index contributed by atoms with van der Waals surface area (Å²) in [6.45, 7) is 5.76. The van der Waals surface area contributed by atoms with Gasteiger partial charge in [0.2, 0.25) is 5.76 Å². The summed E-state index contributed by atoms with van der Waals surface area (Å²) in [5, 5.41) is 1.83. The second-order valence-corrected chi connectivity index (χ2v) is 6.29. The van der Waals surface area contributed by atoms with Gasteiger partial charge in [0.15, 0.2) is 0 Å². The third kappa shape index (κ3) is 2.81. The molecular formula is C19H14Cl2O3. The Hall–Kier alpha value is -2.23. The number of halogens is 2. The monoisotopic (exact) mass is 360 g/mol. The molecule has 122 valence electrons. The van der Waals surface area contributed by atoms with Gasteiger partial charge in [-0.25, -0.2) is 4.79 Å². The van der Waals surface area contributed by atoms with E-state index in [1.165, 1.54) is 7.11 Å². The number of benzene rings is 2. The number of hydrogen-bond donors (Lipinski definition) is 0. The number of furan rings is 1. The number of fused-ring (bicyclic) bond motifs is 1. The highest BCUT2D eigenvalue weighted by Crippen LogP contribution is 2.38. The molecule has 0 bridgehead atoms. The number of para-hydroxylation sites is 1. The van der Waals surface area contributed by atoms with Gasteiger partial charge in [-0.1, -0.05) is 48.0 Å². The van der Waals surface area contributed by atoms with Gasteiger partial charge in [-0.3, -0.25) is 0 Å². The van der Waals surface area contributed by atoms with Crippen LogP contribution >= 0.6 is 23.2 Å². The summed E-state index contributed by atoms with van der Waals surface area (Å²) in [6, 6.07) is 10.9. The highest BCUT2D eigenvalue weighted by molar-refractivity contribution is 6.35. The molecule has 0 amide bonds. The van der Waals surface area contributed by atoms with Crippen LogP contribution in [0, 0.1) is 0 Å². The van der Waals surface area contributed by atoms with E-state index in [0.29, 0.717) is 21.2 Å². The van der Waals surface area contributed by atoms with Gasteiger partial charge >= 0.3 is 5.97 Å². The lowest BCUT2D eigenvalue weighted by atomic mass is 9.99. The Morgan fingerprint density at radius 1 is 1.17 bits per heavy atom. The lowest BCUT2D eigenvalue weighted by molar-refractivity contribution is 0.0567. The van der Waals surface area contributed by atoms with Crippen molar-refractivity contribution in [2.24, 2.45) is 0 Å². The average Bonchev–Trinajstić information content (AvgIpc) is 2.92. The Labute approximate surface area is 149 Å². The minimum absolute atomic E-state index is 0.139. The van der Waals surface area contributed by atoms with Crippen molar-refractivity contribution >= 4 is 45.7 Å². The average molecular weight is 361 g/mol. The molecule has 3 rings (SSSR count).